The highest BCUT2D eigenvalue weighted by Crippen LogP contribution is 2.26. The quantitative estimate of drug-likeness (QED) is 0.798. The van der Waals surface area contributed by atoms with Gasteiger partial charge in [-0.2, -0.15) is 5.10 Å². The Kier molecular flexibility index (Phi) is 3.90. The molecule has 6 nitrogen and oxygen atoms in total. The summed E-state index contributed by atoms with van der Waals surface area (Å²) < 4.78 is 2.03. The zero-order chi connectivity index (χ0) is 15.5. The van der Waals surface area contributed by atoms with Crippen LogP contribution in [0.15, 0.2) is 43.0 Å². The number of hydrogen-bond acceptors (Lipinski definition) is 4. The maximum absolute atomic E-state index is 4.56. The fraction of sp³-hybridized carbons (Fsp3) is 0.353. The van der Waals surface area contributed by atoms with Crippen molar-refractivity contribution in [1.29, 1.82) is 0 Å². The second kappa shape index (κ2) is 6.34. The lowest BCUT2D eigenvalue weighted by Crippen LogP contribution is -2.30. The Hall–Kier alpha value is -2.47. The molecule has 3 heterocycles. The summed E-state index contributed by atoms with van der Waals surface area (Å²) in [7, 11) is 0. The summed E-state index contributed by atoms with van der Waals surface area (Å²) in [6, 6.07) is 10.4. The van der Waals surface area contributed by atoms with Crippen LogP contribution in [0.2, 0.25) is 0 Å². The van der Waals surface area contributed by atoms with Crippen molar-refractivity contribution in [2.24, 2.45) is 0 Å². The standard InChI is InChI=1S/C17H20N6/c1-2-4-14(5-3-1)17-15-6-8-22(9-7-16(15)20-21-17)10-11-23-12-18-19-13-23/h1-5,12-13H,6-11H2,(H,20,21). The number of aromatic amines is 1. The van der Waals surface area contributed by atoms with Gasteiger partial charge in [-0.1, -0.05) is 30.3 Å². The summed E-state index contributed by atoms with van der Waals surface area (Å²) in [4.78, 5) is 2.50. The molecular weight excluding hydrogens is 288 g/mol. The van der Waals surface area contributed by atoms with Crippen LogP contribution in [0.5, 0.6) is 0 Å². The molecule has 1 aliphatic rings. The van der Waals surface area contributed by atoms with E-state index in [1.54, 1.807) is 12.7 Å². The molecule has 1 aromatic carbocycles. The fourth-order valence-electron chi connectivity index (χ4n) is 3.18. The minimum absolute atomic E-state index is 0.935. The van der Waals surface area contributed by atoms with E-state index in [-0.39, 0.29) is 0 Å². The number of fused-ring (bicyclic) bond motifs is 1. The number of hydrogen-bond donors (Lipinski definition) is 1. The summed E-state index contributed by atoms with van der Waals surface area (Å²) in [6.07, 6.45) is 5.62. The highest BCUT2D eigenvalue weighted by atomic mass is 15.2. The largest absolute Gasteiger partial charge is 0.319 e. The highest BCUT2D eigenvalue weighted by Gasteiger charge is 2.20. The van der Waals surface area contributed by atoms with Gasteiger partial charge in [-0.15, -0.1) is 10.2 Å². The Balaban J connectivity index is 1.46. The van der Waals surface area contributed by atoms with Crippen molar-refractivity contribution in [3.05, 3.63) is 54.2 Å². The lowest BCUT2D eigenvalue weighted by atomic mass is 10.0. The topological polar surface area (TPSA) is 62.6 Å². The third-order valence-electron chi connectivity index (χ3n) is 4.50. The first-order valence-corrected chi connectivity index (χ1v) is 8.06. The Morgan fingerprint density at radius 3 is 2.57 bits per heavy atom. The van der Waals surface area contributed by atoms with E-state index >= 15 is 0 Å². The van der Waals surface area contributed by atoms with Gasteiger partial charge in [0.25, 0.3) is 0 Å². The van der Waals surface area contributed by atoms with Crippen LogP contribution in [-0.2, 0) is 19.4 Å². The van der Waals surface area contributed by atoms with E-state index in [2.05, 4.69) is 49.6 Å². The molecular formula is C17H20N6. The molecule has 4 rings (SSSR count). The van der Waals surface area contributed by atoms with E-state index in [1.807, 2.05) is 10.6 Å². The van der Waals surface area contributed by atoms with Crippen LogP contribution in [0.4, 0.5) is 0 Å². The van der Waals surface area contributed by atoms with Gasteiger partial charge in [-0.25, -0.2) is 0 Å². The van der Waals surface area contributed by atoms with Crippen molar-refractivity contribution in [1.82, 2.24) is 29.9 Å². The molecule has 1 aliphatic heterocycles. The second-order valence-electron chi connectivity index (χ2n) is 5.94. The molecule has 0 saturated carbocycles. The predicted octanol–water partition coefficient (Wildman–Crippen LogP) is 1.77. The summed E-state index contributed by atoms with van der Waals surface area (Å²) in [5, 5.41) is 15.5. The number of aromatic nitrogens is 5. The number of rotatable bonds is 4. The van der Waals surface area contributed by atoms with Gasteiger partial charge in [0.1, 0.15) is 12.7 Å². The average Bonchev–Trinajstić information content (AvgIpc) is 3.21. The van der Waals surface area contributed by atoms with Gasteiger partial charge in [0.2, 0.25) is 0 Å². The van der Waals surface area contributed by atoms with E-state index in [0.717, 1.165) is 44.7 Å². The average molecular weight is 308 g/mol. The molecule has 0 saturated heterocycles. The van der Waals surface area contributed by atoms with Crippen LogP contribution < -0.4 is 0 Å². The Bertz CT molecular complexity index is 747. The van der Waals surface area contributed by atoms with Gasteiger partial charge in [0.15, 0.2) is 0 Å². The number of nitrogens with zero attached hydrogens (tertiary/aromatic N) is 5. The Labute approximate surface area is 135 Å². The molecule has 0 fully saturated rings. The minimum atomic E-state index is 0.935. The maximum atomic E-state index is 4.56. The third kappa shape index (κ3) is 3.03. The van der Waals surface area contributed by atoms with Gasteiger partial charge in [-0.3, -0.25) is 5.10 Å². The predicted molar refractivity (Wildman–Crippen MR) is 87.9 cm³/mol. The first-order chi connectivity index (χ1) is 11.4. The van der Waals surface area contributed by atoms with E-state index < -0.39 is 0 Å². The van der Waals surface area contributed by atoms with Crippen LogP contribution in [-0.4, -0.2) is 49.5 Å². The molecule has 118 valence electrons. The second-order valence-corrected chi connectivity index (χ2v) is 5.94. The van der Waals surface area contributed by atoms with E-state index in [1.165, 1.54) is 16.8 Å². The molecule has 6 heteroatoms. The lowest BCUT2D eigenvalue weighted by molar-refractivity contribution is 0.274. The van der Waals surface area contributed by atoms with Crippen molar-refractivity contribution in [2.75, 3.05) is 19.6 Å². The molecule has 2 aromatic heterocycles. The molecule has 23 heavy (non-hydrogen) atoms. The van der Waals surface area contributed by atoms with E-state index in [0.29, 0.717) is 0 Å². The summed E-state index contributed by atoms with van der Waals surface area (Å²) in [6.45, 7) is 4.08. The van der Waals surface area contributed by atoms with Crippen molar-refractivity contribution < 1.29 is 0 Å². The van der Waals surface area contributed by atoms with Crippen molar-refractivity contribution in [2.45, 2.75) is 19.4 Å². The molecule has 1 N–H and O–H groups in total. The smallest absolute Gasteiger partial charge is 0.119 e. The summed E-state index contributed by atoms with van der Waals surface area (Å²) in [5.41, 5.74) is 4.97. The van der Waals surface area contributed by atoms with Crippen molar-refractivity contribution in [3.63, 3.8) is 0 Å². The maximum Gasteiger partial charge on any atom is 0.119 e. The third-order valence-corrected chi connectivity index (χ3v) is 4.50. The Morgan fingerprint density at radius 1 is 0.957 bits per heavy atom. The van der Waals surface area contributed by atoms with Crippen molar-refractivity contribution in [3.8, 4) is 11.3 Å². The monoisotopic (exact) mass is 308 g/mol. The van der Waals surface area contributed by atoms with Gasteiger partial charge < -0.3 is 9.47 Å². The Morgan fingerprint density at radius 2 is 1.74 bits per heavy atom. The molecule has 0 amide bonds. The lowest BCUT2D eigenvalue weighted by Gasteiger charge is -2.19. The first-order valence-electron chi connectivity index (χ1n) is 8.06. The number of nitrogens with one attached hydrogen (secondary N) is 1. The van der Waals surface area contributed by atoms with Crippen LogP contribution in [0.3, 0.4) is 0 Å². The van der Waals surface area contributed by atoms with Gasteiger partial charge in [-0.05, 0) is 6.42 Å². The van der Waals surface area contributed by atoms with E-state index in [4.69, 9.17) is 0 Å². The molecule has 0 spiro atoms. The zero-order valence-electron chi connectivity index (χ0n) is 13.0. The fourth-order valence-corrected chi connectivity index (χ4v) is 3.18. The van der Waals surface area contributed by atoms with Crippen LogP contribution in [0, 0.1) is 0 Å². The SMILES string of the molecule is c1ccc(-c2n[nH]c3c2CCN(CCn2cnnc2)CC3)cc1. The zero-order valence-corrected chi connectivity index (χ0v) is 13.0. The van der Waals surface area contributed by atoms with E-state index in [9.17, 15) is 0 Å². The molecule has 3 aromatic rings. The van der Waals surface area contributed by atoms with Crippen molar-refractivity contribution >= 4 is 0 Å². The number of H-pyrrole nitrogens is 1. The number of benzene rings is 1. The van der Waals surface area contributed by atoms with Gasteiger partial charge >= 0.3 is 0 Å². The van der Waals surface area contributed by atoms with Gasteiger partial charge in [0, 0.05) is 49.4 Å². The normalized spacial score (nSPS) is 15.3. The molecule has 0 unspecified atom stereocenters. The van der Waals surface area contributed by atoms with Crippen LogP contribution in [0.1, 0.15) is 11.3 Å². The highest BCUT2D eigenvalue weighted by molar-refractivity contribution is 5.64. The summed E-state index contributed by atoms with van der Waals surface area (Å²) in [5.74, 6) is 0. The molecule has 0 radical (unpaired) electrons. The van der Waals surface area contributed by atoms with Crippen LogP contribution in [0.25, 0.3) is 11.3 Å². The summed E-state index contributed by atoms with van der Waals surface area (Å²) >= 11 is 0. The van der Waals surface area contributed by atoms with Crippen LogP contribution >= 0.6 is 0 Å². The molecule has 0 bridgehead atoms. The molecule has 0 atom stereocenters. The first kappa shape index (κ1) is 14.1. The minimum Gasteiger partial charge on any atom is -0.319 e. The van der Waals surface area contributed by atoms with Gasteiger partial charge in [0.05, 0.1) is 5.69 Å². The molecule has 0 aliphatic carbocycles.